The molecule has 1 heterocycles. The van der Waals surface area contributed by atoms with Crippen molar-refractivity contribution in [1.29, 1.82) is 4.78 Å². The molecular formula is C23H22ClF3N4O3S. The minimum absolute atomic E-state index is 0.139. The van der Waals surface area contributed by atoms with E-state index >= 15 is 0 Å². The highest BCUT2D eigenvalue weighted by molar-refractivity contribution is 7.91. The third-order valence-electron chi connectivity index (χ3n) is 5.38. The highest BCUT2D eigenvalue weighted by atomic mass is 35.5. The summed E-state index contributed by atoms with van der Waals surface area (Å²) in [5.41, 5.74) is -0.215. The van der Waals surface area contributed by atoms with Gasteiger partial charge in [0.15, 0.2) is 5.69 Å². The van der Waals surface area contributed by atoms with Crippen molar-refractivity contribution in [1.82, 2.24) is 10.2 Å². The zero-order chi connectivity index (χ0) is 26.3. The van der Waals surface area contributed by atoms with E-state index in [1.807, 2.05) is 0 Å². The minimum atomic E-state index is -4.85. The van der Waals surface area contributed by atoms with Crippen LogP contribution in [0.3, 0.4) is 0 Å². The van der Waals surface area contributed by atoms with Crippen LogP contribution >= 0.6 is 11.6 Å². The van der Waals surface area contributed by atoms with E-state index in [9.17, 15) is 22.2 Å². The van der Waals surface area contributed by atoms with E-state index in [0.717, 1.165) is 6.92 Å². The lowest BCUT2D eigenvalue weighted by molar-refractivity contribution is -0.142. The van der Waals surface area contributed by atoms with Crippen LogP contribution in [0.2, 0.25) is 5.02 Å². The number of nitrogens with zero attached hydrogens (tertiary/aromatic N) is 2. The van der Waals surface area contributed by atoms with Crippen molar-refractivity contribution in [2.75, 3.05) is 11.6 Å². The van der Waals surface area contributed by atoms with E-state index in [1.54, 1.807) is 26.8 Å². The molecule has 1 amide bonds. The van der Waals surface area contributed by atoms with Crippen LogP contribution in [-0.2, 0) is 15.9 Å². The number of hydrogen-bond donors (Lipinski definition) is 2. The third-order valence-corrected chi connectivity index (χ3v) is 6.93. The summed E-state index contributed by atoms with van der Waals surface area (Å²) in [6.45, 7) is 6.28. The van der Waals surface area contributed by atoms with Gasteiger partial charge in [0.1, 0.15) is 11.3 Å². The fraction of sp³-hybridized carbons (Fsp3) is 0.261. The second-order valence-electron chi connectivity index (χ2n) is 8.03. The molecule has 7 nitrogen and oxygen atoms in total. The first-order valence-electron chi connectivity index (χ1n) is 10.1. The number of alkyl halides is 3. The molecule has 0 fully saturated rings. The van der Waals surface area contributed by atoms with Crippen molar-refractivity contribution in [3.63, 3.8) is 0 Å². The van der Waals surface area contributed by atoms with Gasteiger partial charge in [-0.25, -0.2) is 8.99 Å². The van der Waals surface area contributed by atoms with Crippen molar-refractivity contribution in [3.05, 3.63) is 68.9 Å². The summed E-state index contributed by atoms with van der Waals surface area (Å²) < 4.78 is 66.3. The number of nitrogens with one attached hydrogen (secondary N) is 2. The van der Waals surface area contributed by atoms with Gasteiger partial charge in [-0.2, -0.15) is 13.2 Å². The summed E-state index contributed by atoms with van der Waals surface area (Å²) in [5, 5.41) is 9.84. The fourth-order valence-electron chi connectivity index (χ4n) is 3.38. The highest BCUT2D eigenvalue weighted by Crippen LogP contribution is 2.38. The number of carbonyl (C=O) groups is 1. The van der Waals surface area contributed by atoms with E-state index in [4.69, 9.17) is 21.1 Å². The van der Waals surface area contributed by atoms with Gasteiger partial charge in [-0.15, -0.1) is 10.2 Å². The number of hydrogen-bond acceptors (Lipinski definition) is 6. The Morgan fingerprint density at radius 1 is 1.09 bits per heavy atom. The molecule has 3 aromatic rings. The number of aryl methyl sites for hydroxylation is 1. The summed E-state index contributed by atoms with van der Waals surface area (Å²) >= 11 is 6.20. The van der Waals surface area contributed by atoms with Gasteiger partial charge in [-0.3, -0.25) is 4.79 Å². The van der Waals surface area contributed by atoms with Crippen LogP contribution < -0.4 is 10.1 Å². The predicted molar refractivity (Wildman–Crippen MR) is 127 cm³/mol. The summed E-state index contributed by atoms with van der Waals surface area (Å²) in [7, 11) is -3.08. The lowest BCUT2D eigenvalue weighted by Crippen LogP contribution is -2.21. The number of rotatable bonds is 5. The Morgan fingerprint density at radius 3 is 2.34 bits per heavy atom. The molecule has 0 spiro atoms. The summed E-state index contributed by atoms with van der Waals surface area (Å²) in [6, 6.07) is 7.34. The Hall–Kier alpha value is -3.18. The molecule has 0 radical (unpaired) electrons. The molecule has 2 aromatic carbocycles. The molecular weight excluding hydrogens is 505 g/mol. The maximum absolute atomic E-state index is 13.5. The number of halogens is 4. The Kier molecular flexibility index (Phi) is 7.14. The third kappa shape index (κ3) is 5.57. The van der Waals surface area contributed by atoms with Crippen LogP contribution in [0.1, 0.15) is 38.3 Å². The second-order valence-corrected chi connectivity index (χ2v) is 10.6. The summed E-state index contributed by atoms with van der Waals surface area (Å²) in [5.74, 6) is -1.07. The maximum atomic E-state index is 13.5. The minimum Gasteiger partial charge on any atom is -0.436 e. The van der Waals surface area contributed by atoms with Crippen LogP contribution in [0.5, 0.6) is 11.6 Å². The molecule has 35 heavy (non-hydrogen) atoms. The Bertz CT molecular complexity index is 1440. The molecule has 0 aliphatic heterocycles. The smallest absolute Gasteiger partial charge is 0.435 e. The van der Waals surface area contributed by atoms with E-state index in [-0.39, 0.29) is 16.3 Å². The quantitative estimate of drug-likeness (QED) is 0.397. The van der Waals surface area contributed by atoms with Crippen LogP contribution in [0.4, 0.5) is 18.9 Å². The first kappa shape index (κ1) is 26.4. The Labute approximate surface area is 205 Å². The molecule has 0 aliphatic rings. The van der Waals surface area contributed by atoms with Gasteiger partial charge < -0.3 is 10.1 Å². The van der Waals surface area contributed by atoms with Gasteiger partial charge in [0.05, 0.1) is 9.73 Å². The van der Waals surface area contributed by atoms with Crippen molar-refractivity contribution >= 4 is 32.9 Å². The highest BCUT2D eigenvalue weighted by Gasteiger charge is 2.38. The number of aromatic nitrogens is 2. The van der Waals surface area contributed by atoms with E-state index < -0.39 is 44.5 Å². The number of anilines is 1. The number of ether oxygens (including phenoxy) is 1. The average molecular weight is 527 g/mol. The van der Waals surface area contributed by atoms with Gasteiger partial charge in [-0.1, -0.05) is 17.7 Å². The van der Waals surface area contributed by atoms with Crippen LogP contribution in [0.15, 0.2) is 35.2 Å². The van der Waals surface area contributed by atoms with E-state index in [0.29, 0.717) is 21.7 Å². The molecule has 0 aliphatic carbocycles. The monoisotopic (exact) mass is 526 g/mol. The first-order valence-corrected chi connectivity index (χ1v) is 12.5. The van der Waals surface area contributed by atoms with Crippen LogP contribution in [0, 0.1) is 32.5 Å². The van der Waals surface area contributed by atoms with Crippen LogP contribution in [0.25, 0.3) is 0 Å². The van der Waals surface area contributed by atoms with E-state index in [2.05, 4.69) is 15.5 Å². The van der Waals surface area contributed by atoms with Gasteiger partial charge in [0.2, 0.25) is 0 Å². The predicted octanol–water partition coefficient (Wildman–Crippen LogP) is 6.46. The van der Waals surface area contributed by atoms with Crippen molar-refractivity contribution < 1.29 is 26.9 Å². The molecule has 0 saturated carbocycles. The van der Waals surface area contributed by atoms with Crippen molar-refractivity contribution in [3.8, 4) is 11.6 Å². The normalized spacial score (nSPS) is 13.3. The largest absolute Gasteiger partial charge is 0.436 e. The summed E-state index contributed by atoms with van der Waals surface area (Å²) in [6.07, 6.45) is -3.64. The Morgan fingerprint density at radius 2 is 1.74 bits per heavy atom. The molecule has 12 heteroatoms. The van der Waals surface area contributed by atoms with Crippen LogP contribution in [-0.4, -0.2) is 26.6 Å². The SMILES string of the molecule is Cc1cc(Cl)c(C)c(C)c1Oc1nnc(C(F)(F)F)c(C)c1C(=O)Nc1cccc(S(C)(=N)=O)c1. The van der Waals surface area contributed by atoms with Crippen molar-refractivity contribution in [2.24, 2.45) is 0 Å². The number of amides is 1. The van der Waals surface area contributed by atoms with Crippen molar-refractivity contribution in [2.45, 2.75) is 38.8 Å². The fourth-order valence-corrected chi connectivity index (χ4v) is 4.38. The van der Waals surface area contributed by atoms with Gasteiger partial charge in [0, 0.05) is 21.9 Å². The number of benzene rings is 2. The Balaban J connectivity index is 2.14. The summed E-state index contributed by atoms with van der Waals surface area (Å²) in [4.78, 5) is 13.4. The lowest BCUT2D eigenvalue weighted by atomic mass is 10.0. The second kappa shape index (κ2) is 9.46. The molecule has 0 bridgehead atoms. The zero-order valence-electron chi connectivity index (χ0n) is 19.4. The molecule has 1 aromatic heterocycles. The molecule has 3 rings (SSSR count). The molecule has 2 N–H and O–H groups in total. The van der Waals surface area contributed by atoms with Gasteiger partial charge in [0.25, 0.3) is 11.8 Å². The van der Waals surface area contributed by atoms with Gasteiger partial charge >= 0.3 is 6.18 Å². The molecule has 186 valence electrons. The molecule has 0 saturated heterocycles. The molecule has 1 atom stereocenters. The lowest BCUT2D eigenvalue weighted by Gasteiger charge is -2.18. The average Bonchev–Trinajstić information content (AvgIpc) is 2.74. The van der Waals surface area contributed by atoms with E-state index in [1.165, 1.54) is 30.5 Å². The first-order chi connectivity index (χ1) is 16.1. The molecule has 1 unspecified atom stereocenters. The maximum Gasteiger partial charge on any atom is 0.435 e. The standard InChI is InChI=1S/C23H22ClF3N4O3S/c1-11-9-17(24)12(2)13(3)19(11)34-22-18(14(4)20(30-31-22)23(25,26)27)21(32)29-15-7-6-8-16(10-15)35(5,28)33/h6-10,28H,1-5H3,(H,29,32). The zero-order valence-corrected chi connectivity index (χ0v) is 21.0. The number of carbonyl (C=O) groups excluding carboxylic acids is 1. The topological polar surface area (TPSA) is 105 Å². The van der Waals surface area contributed by atoms with Gasteiger partial charge in [-0.05, 0) is 74.2 Å².